The monoisotopic (exact) mass is 237 g/mol. The second-order valence-electron chi connectivity index (χ2n) is 4.93. The van der Waals surface area contributed by atoms with E-state index in [0.29, 0.717) is 12.0 Å². The average molecular weight is 237 g/mol. The minimum Gasteiger partial charge on any atom is -0.330 e. The fraction of sp³-hybridized carbons (Fsp3) is 0.833. The highest BCUT2D eigenvalue weighted by Gasteiger charge is 2.22. The van der Waals surface area contributed by atoms with Crippen LogP contribution < -0.4 is 11.1 Å². The molecule has 0 amide bonds. The molecule has 0 saturated heterocycles. The van der Waals surface area contributed by atoms with Gasteiger partial charge in [0.25, 0.3) is 0 Å². The van der Waals surface area contributed by atoms with Crippen LogP contribution in [0.4, 0.5) is 0 Å². The van der Waals surface area contributed by atoms with E-state index in [1.54, 1.807) is 11.0 Å². The lowest BCUT2D eigenvalue weighted by atomic mass is 9.84. The van der Waals surface area contributed by atoms with Crippen LogP contribution in [0.1, 0.15) is 31.5 Å². The van der Waals surface area contributed by atoms with Gasteiger partial charge in [-0.05, 0) is 25.3 Å². The predicted octanol–water partition coefficient (Wildman–Crippen LogP) is 0.465. The summed E-state index contributed by atoms with van der Waals surface area (Å²) in [6.07, 6.45) is 7.85. The van der Waals surface area contributed by atoms with Gasteiger partial charge >= 0.3 is 0 Å². The Hall–Kier alpha value is -0.940. The highest BCUT2D eigenvalue weighted by Crippen LogP contribution is 2.23. The second-order valence-corrected chi connectivity index (χ2v) is 4.93. The Morgan fingerprint density at radius 1 is 1.47 bits per heavy atom. The first-order valence-electron chi connectivity index (χ1n) is 6.57. The molecular formula is C12H23N5. The molecular weight excluding hydrogens is 214 g/mol. The normalized spacial score (nSPS) is 25.1. The maximum atomic E-state index is 5.81. The van der Waals surface area contributed by atoms with Crippen LogP contribution in [0.25, 0.3) is 0 Å². The topological polar surface area (TPSA) is 68.8 Å². The molecule has 0 radical (unpaired) electrons. The predicted molar refractivity (Wildman–Crippen MR) is 67.5 cm³/mol. The van der Waals surface area contributed by atoms with Gasteiger partial charge in [-0.1, -0.05) is 12.8 Å². The van der Waals surface area contributed by atoms with Gasteiger partial charge < -0.3 is 11.1 Å². The molecule has 1 aliphatic rings. The Morgan fingerprint density at radius 2 is 2.29 bits per heavy atom. The van der Waals surface area contributed by atoms with Crippen LogP contribution in [0.5, 0.6) is 0 Å². The molecule has 5 heteroatoms. The number of aromatic nitrogens is 3. The highest BCUT2D eigenvalue weighted by atomic mass is 15.3. The zero-order valence-electron chi connectivity index (χ0n) is 10.6. The molecule has 0 bridgehead atoms. The van der Waals surface area contributed by atoms with Gasteiger partial charge in [0.05, 0.1) is 0 Å². The van der Waals surface area contributed by atoms with Crippen LogP contribution in [0.3, 0.4) is 0 Å². The van der Waals surface area contributed by atoms with Gasteiger partial charge in [-0.25, -0.2) is 4.98 Å². The maximum Gasteiger partial charge on any atom is 0.151 e. The van der Waals surface area contributed by atoms with Gasteiger partial charge in [0.2, 0.25) is 0 Å². The summed E-state index contributed by atoms with van der Waals surface area (Å²) in [6, 6.07) is 0.595. The molecule has 1 aromatic rings. The summed E-state index contributed by atoms with van der Waals surface area (Å²) in [4.78, 5) is 4.22. The van der Waals surface area contributed by atoms with Gasteiger partial charge in [-0.15, -0.1) is 0 Å². The SMILES string of the molecule is Cn1cnc(CCNC2CCCCC2CN)n1. The quantitative estimate of drug-likeness (QED) is 0.781. The van der Waals surface area contributed by atoms with E-state index in [1.165, 1.54) is 25.7 Å². The molecule has 1 aromatic heterocycles. The first-order valence-corrected chi connectivity index (χ1v) is 6.57. The number of rotatable bonds is 5. The zero-order valence-corrected chi connectivity index (χ0v) is 10.6. The van der Waals surface area contributed by atoms with E-state index in [0.717, 1.165) is 25.3 Å². The Morgan fingerprint density at radius 3 is 3.00 bits per heavy atom. The van der Waals surface area contributed by atoms with Gasteiger partial charge in [-0.2, -0.15) is 5.10 Å². The van der Waals surface area contributed by atoms with E-state index in [9.17, 15) is 0 Å². The summed E-state index contributed by atoms with van der Waals surface area (Å²) in [7, 11) is 1.90. The van der Waals surface area contributed by atoms with E-state index in [4.69, 9.17) is 5.73 Å². The number of hydrogen-bond acceptors (Lipinski definition) is 4. The van der Waals surface area contributed by atoms with E-state index in [-0.39, 0.29) is 0 Å². The van der Waals surface area contributed by atoms with Gasteiger partial charge in [0.1, 0.15) is 6.33 Å². The van der Waals surface area contributed by atoms with Crippen molar-refractivity contribution in [2.45, 2.75) is 38.1 Å². The van der Waals surface area contributed by atoms with E-state index >= 15 is 0 Å². The molecule has 1 aliphatic carbocycles. The number of nitrogens with two attached hydrogens (primary N) is 1. The average Bonchev–Trinajstić information content (AvgIpc) is 2.76. The third-order valence-corrected chi connectivity index (χ3v) is 3.61. The Balaban J connectivity index is 1.73. The molecule has 1 heterocycles. The number of hydrogen-bond donors (Lipinski definition) is 2. The number of aryl methyl sites for hydroxylation is 1. The summed E-state index contributed by atoms with van der Waals surface area (Å²) in [5.41, 5.74) is 5.81. The molecule has 1 saturated carbocycles. The van der Waals surface area contributed by atoms with Crippen molar-refractivity contribution in [2.24, 2.45) is 18.7 Å². The number of nitrogens with zero attached hydrogens (tertiary/aromatic N) is 3. The molecule has 0 spiro atoms. The summed E-state index contributed by atoms with van der Waals surface area (Å²) < 4.78 is 1.75. The molecule has 17 heavy (non-hydrogen) atoms. The lowest BCUT2D eigenvalue weighted by Gasteiger charge is -2.31. The molecule has 0 aromatic carbocycles. The summed E-state index contributed by atoms with van der Waals surface area (Å²) >= 11 is 0. The van der Waals surface area contributed by atoms with Crippen LogP contribution in [0.2, 0.25) is 0 Å². The van der Waals surface area contributed by atoms with Crippen molar-refractivity contribution >= 4 is 0 Å². The minimum absolute atomic E-state index is 0.595. The third-order valence-electron chi connectivity index (χ3n) is 3.61. The van der Waals surface area contributed by atoms with Crippen molar-refractivity contribution in [1.82, 2.24) is 20.1 Å². The van der Waals surface area contributed by atoms with Crippen LogP contribution in [-0.2, 0) is 13.5 Å². The van der Waals surface area contributed by atoms with Crippen molar-refractivity contribution in [3.8, 4) is 0 Å². The molecule has 2 unspecified atom stereocenters. The molecule has 2 atom stereocenters. The Labute approximate surface area is 103 Å². The lowest BCUT2D eigenvalue weighted by Crippen LogP contribution is -2.42. The summed E-state index contributed by atoms with van der Waals surface area (Å²) in [5.74, 6) is 1.57. The second kappa shape index (κ2) is 6.12. The standard InChI is InChI=1S/C12H23N5/c1-17-9-15-12(16-17)6-7-14-11-5-3-2-4-10(11)8-13/h9-11,14H,2-8,13H2,1H3. The van der Waals surface area contributed by atoms with Crippen LogP contribution in [0, 0.1) is 5.92 Å². The molecule has 5 nitrogen and oxygen atoms in total. The largest absolute Gasteiger partial charge is 0.330 e. The lowest BCUT2D eigenvalue weighted by molar-refractivity contribution is 0.269. The summed E-state index contributed by atoms with van der Waals surface area (Å²) in [5, 5.41) is 7.88. The van der Waals surface area contributed by atoms with Crippen molar-refractivity contribution in [3.05, 3.63) is 12.2 Å². The third kappa shape index (κ3) is 3.51. The fourth-order valence-electron chi connectivity index (χ4n) is 2.63. The molecule has 96 valence electrons. The molecule has 1 fully saturated rings. The molecule has 3 N–H and O–H groups in total. The van der Waals surface area contributed by atoms with Crippen molar-refractivity contribution in [2.75, 3.05) is 13.1 Å². The Bertz CT molecular complexity index is 335. The van der Waals surface area contributed by atoms with Crippen molar-refractivity contribution in [1.29, 1.82) is 0 Å². The van der Waals surface area contributed by atoms with Crippen molar-refractivity contribution in [3.63, 3.8) is 0 Å². The molecule has 0 aliphatic heterocycles. The van der Waals surface area contributed by atoms with Crippen LogP contribution in [-0.4, -0.2) is 33.9 Å². The van der Waals surface area contributed by atoms with Crippen LogP contribution >= 0.6 is 0 Å². The van der Waals surface area contributed by atoms with Gasteiger partial charge in [-0.3, -0.25) is 4.68 Å². The van der Waals surface area contributed by atoms with Crippen LogP contribution in [0.15, 0.2) is 6.33 Å². The van der Waals surface area contributed by atoms with E-state index in [2.05, 4.69) is 15.4 Å². The van der Waals surface area contributed by atoms with E-state index < -0.39 is 0 Å². The maximum absolute atomic E-state index is 5.81. The highest BCUT2D eigenvalue weighted by molar-refractivity contribution is 4.85. The smallest absolute Gasteiger partial charge is 0.151 e. The van der Waals surface area contributed by atoms with E-state index in [1.807, 2.05) is 7.05 Å². The zero-order chi connectivity index (χ0) is 12.1. The first-order chi connectivity index (χ1) is 8.29. The summed E-state index contributed by atoms with van der Waals surface area (Å²) in [6.45, 7) is 1.75. The van der Waals surface area contributed by atoms with Gasteiger partial charge in [0, 0.05) is 26.1 Å². The van der Waals surface area contributed by atoms with Crippen molar-refractivity contribution < 1.29 is 0 Å². The van der Waals surface area contributed by atoms with Gasteiger partial charge in [0.15, 0.2) is 5.82 Å². The minimum atomic E-state index is 0.595. The Kier molecular flexibility index (Phi) is 4.50. The fourth-order valence-corrected chi connectivity index (χ4v) is 2.63. The molecule has 2 rings (SSSR count). The number of nitrogens with one attached hydrogen (secondary N) is 1. The first kappa shape index (κ1) is 12.5.